The van der Waals surface area contributed by atoms with E-state index in [4.69, 9.17) is 16.0 Å². The number of aromatic amines is 2. The maximum Gasteiger partial charge on any atom is 0.573 e. The van der Waals surface area contributed by atoms with Crippen molar-refractivity contribution in [1.82, 2.24) is 15.2 Å². The molecular weight excluding hydrogens is 563 g/mol. The highest BCUT2D eigenvalue weighted by Crippen LogP contribution is 2.44. The van der Waals surface area contributed by atoms with Crippen LogP contribution < -0.4 is 26.5 Å². The molecule has 2 aromatic carbocycles. The van der Waals surface area contributed by atoms with Crippen molar-refractivity contribution < 1.29 is 31.9 Å². The molecule has 0 radical (unpaired) electrons. The number of nitrogen functional groups attached to an aromatic ring is 2. The first-order chi connectivity index (χ1) is 19.6. The molecule has 4 heterocycles. The number of carbonyl (C=O) groups excluding carboxylic acids is 1. The molecule has 4 aromatic heterocycles. The fourth-order valence-corrected chi connectivity index (χ4v) is 5.63. The highest BCUT2D eigenvalue weighted by Gasteiger charge is 2.36. The SMILES string of the molecule is N#Cc1c(N)nc2sc(C(=O)c3c(=O)o[nH][n+]3-c3ccc(OC(F)(F)F)cc3)c(N)c2c1-c1cccc2[nH]ccc12. The molecule has 0 amide bonds. The Labute approximate surface area is 229 Å². The smallest absolute Gasteiger partial charge is 0.406 e. The molecule has 15 heteroatoms. The van der Waals surface area contributed by atoms with Crippen LogP contribution in [0.2, 0.25) is 0 Å². The minimum absolute atomic E-state index is 0.0392. The Morgan fingerprint density at radius 1 is 1.15 bits per heavy atom. The van der Waals surface area contributed by atoms with Crippen LogP contribution in [0.3, 0.4) is 0 Å². The molecular formula is C26H15F3N7O4S+. The fraction of sp³-hybridized carbons (Fsp3) is 0.0385. The van der Waals surface area contributed by atoms with Crippen LogP contribution in [-0.2, 0) is 0 Å². The van der Waals surface area contributed by atoms with Crippen LogP contribution in [0.25, 0.3) is 37.9 Å². The molecule has 41 heavy (non-hydrogen) atoms. The summed E-state index contributed by atoms with van der Waals surface area (Å²) >= 11 is 0.866. The number of hydrogen-bond acceptors (Lipinski definition) is 9. The predicted octanol–water partition coefficient (Wildman–Crippen LogP) is 4.17. The maximum atomic E-state index is 13.8. The summed E-state index contributed by atoms with van der Waals surface area (Å²) in [5.41, 5.74) is 13.0. The number of carbonyl (C=O) groups is 1. The van der Waals surface area contributed by atoms with E-state index in [9.17, 15) is 28.0 Å². The molecule has 0 atom stereocenters. The first kappa shape index (κ1) is 25.6. The Hall–Kier alpha value is -5.62. The molecule has 6 rings (SSSR count). The van der Waals surface area contributed by atoms with Crippen LogP contribution in [0, 0.1) is 11.3 Å². The predicted molar refractivity (Wildman–Crippen MR) is 141 cm³/mol. The second kappa shape index (κ2) is 9.24. The van der Waals surface area contributed by atoms with Crippen molar-refractivity contribution in [2.24, 2.45) is 0 Å². The Morgan fingerprint density at radius 3 is 2.61 bits per heavy atom. The van der Waals surface area contributed by atoms with Gasteiger partial charge in [0.15, 0.2) is 0 Å². The van der Waals surface area contributed by atoms with Crippen LogP contribution in [0.4, 0.5) is 24.7 Å². The van der Waals surface area contributed by atoms with Gasteiger partial charge in [-0.25, -0.2) is 9.78 Å². The van der Waals surface area contributed by atoms with E-state index in [-0.39, 0.29) is 32.5 Å². The summed E-state index contributed by atoms with van der Waals surface area (Å²) in [6.07, 6.45) is -3.16. The molecule has 0 aliphatic rings. The van der Waals surface area contributed by atoms with Crippen LogP contribution >= 0.6 is 11.3 Å². The zero-order chi connectivity index (χ0) is 29.1. The fourth-order valence-electron chi connectivity index (χ4n) is 4.58. The first-order valence-corrected chi connectivity index (χ1v) is 12.4. The summed E-state index contributed by atoms with van der Waals surface area (Å²) in [4.78, 5) is 34.0. The van der Waals surface area contributed by atoms with Crippen LogP contribution in [0.1, 0.15) is 20.9 Å². The van der Waals surface area contributed by atoms with Gasteiger partial charge in [-0.05, 0) is 39.8 Å². The van der Waals surface area contributed by atoms with E-state index in [1.165, 1.54) is 12.1 Å². The number of hydrogen-bond donors (Lipinski definition) is 4. The number of nitrogens with one attached hydrogen (secondary N) is 2. The van der Waals surface area contributed by atoms with Gasteiger partial charge in [0.05, 0.1) is 5.69 Å². The molecule has 0 saturated heterocycles. The number of fused-ring (bicyclic) bond motifs is 2. The van der Waals surface area contributed by atoms with Gasteiger partial charge in [-0.1, -0.05) is 12.1 Å². The van der Waals surface area contributed by atoms with Crippen molar-refractivity contribution in [2.45, 2.75) is 6.36 Å². The number of aromatic nitrogens is 4. The van der Waals surface area contributed by atoms with Gasteiger partial charge in [-0.2, -0.15) is 5.26 Å². The molecule has 0 fully saturated rings. The van der Waals surface area contributed by atoms with E-state index < -0.39 is 29.2 Å². The van der Waals surface area contributed by atoms with Crippen molar-refractivity contribution in [3.05, 3.63) is 81.3 Å². The number of H-pyrrole nitrogens is 2. The summed E-state index contributed by atoms with van der Waals surface area (Å²) in [6.45, 7) is 0. The molecule has 0 spiro atoms. The first-order valence-electron chi connectivity index (χ1n) is 11.6. The quantitative estimate of drug-likeness (QED) is 0.174. The van der Waals surface area contributed by atoms with Crippen LogP contribution in [-0.4, -0.2) is 27.4 Å². The molecule has 204 valence electrons. The molecule has 6 aromatic rings. The monoisotopic (exact) mass is 578 g/mol. The van der Waals surface area contributed by atoms with Crippen LogP contribution in [0.15, 0.2) is 64.0 Å². The van der Waals surface area contributed by atoms with E-state index in [1.807, 2.05) is 12.1 Å². The highest BCUT2D eigenvalue weighted by molar-refractivity contribution is 7.21. The zero-order valence-corrected chi connectivity index (χ0v) is 21.2. The molecule has 0 unspecified atom stereocenters. The van der Waals surface area contributed by atoms with Gasteiger partial charge in [-0.15, -0.1) is 24.5 Å². The van der Waals surface area contributed by atoms with Crippen molar-refractivity contribution in [2.75, 3.05) is 11.5 Å². The normalized spacial score (nSPS) is 11.7. The molecule has 6 N–H and O–H groups in total. The number of nitrogens with zero attached hydrogens (tertiary/aromatic N) is 3. The number of alkyl halides is 3. The lowest BCUT2D eigenvalue weighted by Crippen LogP contribution is -2.41. The summed E-state index contributed by atoms with van der Waals surface area (Å²) < 4.78 is 47.3. The van der Waals surface area contributed by atoms with Crippen molar-refractivity contribution in [3.8, 4) is 28.6 Å². The van der Waals surface area contributed by atoms with Crippen molar-refractivity contribution >= 4 is 49.7 Å². The Morgan fingerprint density at radius 2 is 1.90 bits per heavy atom. The third-order valence-corrected chi connectivity index (χ3v) is 7.38. The number of pyridine rings is 1. The van der Waals surface area contributed by atoms with E-state index in [0.717, 1.165) is 39.1 Å². The number of anilines is 2. The number of halogens is 3. The second-order valence-electron chi connectivity index (χ2n) is 8.66. The summed E-state index contributed by atoms with van der Waals surface area (Å²) in [7, 11) is 0. The maximum absolute atomic E-state index is 13.8. The summed E-state index contributed by atoms with van der Waals surface area (Å²) in [6, 6.07) is 13.7. The summed E-state index contributed by atoms with van der Waals surface area (Å²) in [5.74, 6) is -1.42. The largest absolute Gasteiger partial charge is 0.573 e. The number of ketones is 1. The number of rotatable bonds is 5. The van der Waals surface area contributed by atoms with Gasteiger partial charge in [0, 0.05) is 40.2 Å². The minimum Gasteiger partial charge on any atom is -0.406 e. The molecule has 11 nitrogen and oxygen atoms in total. The number of thiophene rings is 1. The van der Waals surface area contributed by atoms with Gasteiger partial charge in [0.2, 0.25) is 5.69 Å². The van der Waals surface area contributed by atoms with Gasteiger partial charge in [-0.3, -0.25) is 9.32 Å². The molecule has 0 saturated carbocycles. The third-order valence-electron chi connectivity index (χ3n) is 6.28. The van der Waals surface area contributed by atoms with Gasteiger partial charge in [0.25, 0.3) is 5.78 Å². The standard InChI is InChI=1S/C26H14F3N7O4S/c27-26(28,29)39-12-6-4-11(5-7-12)36-20(25(38)40-35-36)21(37)22-19(31)18-17(15(10-30)23(32)34-24(18)41-22)14-2-1-3-16-13(14)8-9-33-16/h1-9H,(H5-,31,32,33,34,35,37,38)/p+1. The molecule has 0 aliphatic heterocycles. The second-order valence-corrected chi connectivity index (χ2v) is 9.66. The molecule has 0 aliphatic carbocycles. The van der Waals surface area contributed by atoms with Crippen molar-refractivity contribution in [1.29, 1.82) is 5.26 Å². The van der Waals surface area contributed by atoms with Gasteiger partial charge in [0.1, 0.15) is 32.9 Å². The highest BCUT2D eigenvalue weighted by atomic mass is 32.1. The zero-order valence-electron chi connectivity index (χ0n) is 20.4. The van der Waals surface area contributed by atoms with E-state index in [1.54, 1.807) is 18.3 Å². The minimum atomic E-state index is -4.90. The van der Waals surface area contributed by atoms with E-state index in [0.29, 0.717) is 16.5 Å². The Bertz CT molecular complexity index is 2100. The summed E-state index contributed by atoms with van der Waals surface area (Å²) in [5, 5.41) is 13.3. The van der Waals surface area contributed by atoms with E-state index in [2.05, 4.69) is 26.0 Å². The third kappa shape index (κ3) is 4.22. The van der Waals surface area contributed by atoms with E-state index >= 15 is 0 Å². The lowest BCUT2D eigenvalue weighted by atomic mass is 9.94. The number of benzene rings is 2. The average Bonchev–Trinajstić information content (AvgIpc) is 3.64. The Balaban J connectivity index is 1.51. The number of nitriles is 1. The van der Waals surface area contributed by atoms with Crippen molar-refractivity contribution in [3.63, 3.8) is 0 Å². The lowest BCUT2D eigenvalue weighted by Gasteiger charge is -2.11. The van der Waals surface area contributed by atoms with Gasteiger partial charge >= 0.3 is 17.7 Å². The lowest BCUT2D eigenvalue weighted by molar-refractivity contribution is -0.672. The number of ether oxygens (including phenoxy) is 1. The number of nitrogens with two attached hydrogens (primary N) is 2. The van der Waals surface area contributed by atoms with Crippen LogP contribution in [0.5, 0.6) is 5.75 Å². The Kier molecular flexibility index (Phi) is 5.78. The van der Waals surface area contributed by atoms with Gasteiger partial charge < -0.3 is 21.2 Å². The topological polar surface area (TPSA) is 181 Å². The average molecular weight is 579 g/mol. The molecule has 0 bridgehead atoms.